The van der Waals surface area contributed by atoms with Crippen molar-refractivity contribution in [2.75, 3.05) is 25.3 Å². The number of benzene rings is 1. The van der Waals surface area contributed by atoms with Gasteiger partial charge in [0.1, 0.15) is 11.5 Å². The molecule has 27 heavy (non-hydrogen) atoms. The third-order valence-electron chi connectivity index (χ3n) is 4.68. The summed E-state index contributed by atoms with van der Waals surface area (Å²) in [7, 11) is -2.83. The molecule has 0 aromatic heterocycles. The minimum atomic E-state index is -4.86. The van der Waals surface area contributed by atoms with Crippen molar-refractivity contribution in [2.24, 2.45) is 10.9 Å². The van der Waals surface area contributed by atoms with E-state index < -0.39 is 40.3 Å². The number of ether oxygens (including phenoxy) is 1. The number of anilines is 1. The largest absolute Gasteiger partial charge is 0.483 e. The third-order valence-corrected chi connectivity index (χ3v) is 5.46. The van der Waals surface area contributed by atoms with Crippen molar-refractivity contribution in [3.8, 4) is 0 Å². The molecule has 0 aliphatic carbocycles. The van der Waals surface area contributed by atoms with Crippen LogP contribution in [0.3, 0.4) is 0 Å². The zero-order chi connectivity index (χ0) is 20.0. The summed E-state index contributed by atoms with van der Waals surface area (Å²) in [6.07, 6.45) is -1.68. The smallest absolute Gasteiger partial charge is 0.401 e. The predicted molar refractivity (Wildman–Crippen MR) is 94.5 cm³/mol. The zero-order valence-electron chi connectivity index (χ0n) is 14.2. The van der Waals surface area contributed by atoms with Gasteiger partial charge in [0.05, 0.1) is 20.0 Å². The van der Waals surface area contributed by atoms with E-state index in [4.69, 9.17) is 16.3 Å². The fourth-order valence-electron chi connectivity index (χ4n) is 3.49. The Labute approximate surface area is 159 Å². The van der Waals surface area contributed by atoms with E-state index in [9.17, 15) is 21.6 Å². The average molecular weight is 425 g/mol. The standard InChI is InChI=1S/C16H16ClF3N2O4S/c1-25-14-13-10(5-6-21-14)15(16(18,19)20,8-26-27(2,23)24)11-7-9(17)3-4-12(11)22-13/h3-7,10,13,22H,8H2,1-2H3. The predicted octanol–water partition coefficient (Wildman–Crippen LogP) is 3.10. The summed E-state index contributed by atoms with van der Waals surface area (Å²) in [5.41, 5.74) is -2.73. The van der Waals surface area contributed by atoms with Crippen molar-refractivity contribution in [1.82, 2.24) is 0 Å². The van der Waals surface area contributed by atoms with Crippen molar-refractivity contribution >= 4 is 33.3 Å². The van der Waals surface area contributed by atoms with Crippen LogP contribution in [0.1, 0.15) is 5.56 Å². The molecule has 3 rings (SSSR count). The molecule has 1 aromatic carbocycles. The topological polar surface area (TPSA) is 77.0 Å². The third kappa shape index (κ3) is 3.41. The molecule has 2 heterocycles. The van der Waals surface area contributed by atoms with E-state index in [0.717, 1.165) is 0 Å². The van der Waals surface area contributed by atoms with Crippen LogP contribution in [-0.2, 0) is 24.5 Å². The second-order valence-corrected chi connectivity index (χ2v) is 8.37. The lowest BCUT2D eigenvalue weighted by molar-refractivity contribution is -0.211. The van der Waals surface area contributed by atoms with Crippen LogP contribution in [0, 0.1) is 5.92 Å². The van der Waals surface area contributed by atoms with Gasteiger partial charge in [-0.1, -0.05) is 17.7 Å². The van der Waals surface area contributed by atoms with Crippen LogP contribution in [0.2, 0.25) is 5.02 Å². The molecule has 0 fully saturated rings. The number of hydrogen-bond donors (Lipinski definition) is 1. The summed E-state index contributed by atoms with van der Waals surface area (Å²) in [6, 6.07) is 3.05. The summed E-state index contributed by atoms with van der Waals surface area (Å²) >= 11 is 5.95. The maximum atomic E-state index is 14.5. The summed E-state index contributed by atoms with van der Waals surface area (Å²) in [5.74, 6) is -1.21. The first-order chi connectivity index (χ1) is 12.5. The average Bonchev–Trinajstić information content (AvgIpc) is 2.56. The minimum absolute atomic E-state index is 0.0519. The molecule has 3 atom stereocenters. The van der Waals surface area contributed by atoms with Crippen LogP contribution < -0.4 is 5.32 Å². The minimum Gasteiger partial charge on any atom is -0.483 e. The van der Waals surface area contributed by atoms with E-state index in [1.807, 2.05) is 0 Å². The van der Waals surface area contributed by atoms with Gasteiger partial charge in [0.25, 0.3) is 10.1 Å². The Bertz CT molecular complexity index is 917. The normalized spacial score (nSPS) is 27.3. The Hall–Kier alpha value is -1.78. The van der Waals surface area contributed by atoms with Crippen molar-refractivity contribution in [3.05, 3.63) is 41.1 Å². The van der Waals surface area contributed by atoms with Crippen LogP contribution in [-0.4, -0.2) is 46.5 Å². The first-order valence-electron chi connectivity index (χ1n) is 7.75. The molecule has 0 radical (unpaired) electrons. The highest BCUT2D eigenvalue weighted by molar-refractivity contribution is 7.85. The summed E-state index contributed by atoms with van der Waals surface area (Å²) < 4.78 is 76.4. The second-order valence-electron chi connectivity index (χ2n) is 6.29. The summed E-state index contributed by atoms with van der Waals surface area (Å²) in [4.78, 5) is 3.98. The van der Waals surface area contributed by atoms with Gasteiger partial charge in [-0.2, -0.15) is 21.6 Å². The molecular formula is C16H16ClF3N2O4S. The van der Waals surface area contributed by atoms with Crippen LogP contribution in [0.5, 0.6) is 0 Å². The van der Waals surface area contributed by atoms with E-state index in [2.05, 4.69) is 14.5 Å². The molecule has 0 saturated heterocycles. The fraction of sp³-hybridized carbons (Fsp3) is 0.438. The van der Waals surface area contributed by atoms with Gasteiger partial charge in [-0.05, 0) is 23.8 Å². The Balaban J connectivity index is 2.28. The van der Waals surface area contributed by atoms with Crippen molar-refractivity contribution in [2.45, 2.75) is 17.6 Å². The number of alkyl halides is 3. The van der Waals surface area contributed by atoms with E-state index in [1.165, 1.54) is 37.6 Å². The molecule has 11 heteroatoms. The number of nitrogens with zero attached hydrogens (tertiary/aromatic N) is 1. The molecule has 148 valence electrons. The molecule has 1 aromatic rings. The highest BCUT2D eigenvalue weighted by Gasteiger charge is 2.65. The molecule has 3 unspecified atom stereocenters. The van der Waals surface area contributed by atoms with E-state index in [1.54, 1.807) is 0 Å². The van der Waals surface area contributed by atoms with E-state index in [0.29, 0.717) is 6.26 Å². The molecular weight excluding hydrogens is 409 g/mol. The maximum Gasteiger partial charge on any atom is 0.401 e. The quantitative estimate of drug-likeness (QED) is 0.754. The van der Waals surface area contributed by atoms with Gasteiger partial charge in [0.2, 0.25) is 5.90 Å². The number of aliphatic imine (C=N–C) groups is 1. The highest BCUT2D eigenvalue weighted by atomic mass is 35.5. The van der Waals surface area contributed by atoms with Crippen molar-refractivity contribution in [3.63, 3.8) is 0 Å². The van der Waals surface area contributed by atoms with Gasteiger partial charge in [0, 0.05) is 22.8 Å². The second kappa shape index (κ2) is 6.68. The molecule has 2 aliphatic rings. The van der Waals surface area contributed by atoms with Crippen LogP contribution in [0.4, 0.5) is 18.9 Å². The van der Waals surface area contributed by atoms with Crippen LogP contribution >= 0.6 is 11.6 Å². The SMILES string of the molecule is COC1=NC=CC2C1Nc1ccc(Cl)cc1C2(COS(C)(=O)=O)C(F)(F)F. The molecule has 6 nitrogen and oxygen atoms in total. The van der Waals surface area contributed by atoms with Crippen LogP contribution in [0.25, 0.3) is 0 Å². The van der Waals surface area contributed by atoms with Gasteiger partial charge >= 0.3 is 6.18 Å². The molecule has 1 N–H and O–H groups in total. The first kappa shape index (κ1) is 20.0. The van der Waals surface area contributed by atoms with Gasteiger partial charge in [-0.3, -0.25) is 4.18 Å². The Morgan fingerprint density at radius 1 is 1.37 bits per heavy atom. The van der Waals surface area contributed by atoms with Crippen molar-refractivity contribution in [1.29, 1.82) is 0 Å². The lowest BCUT2D eigenvalue weighted by Crippen LogP contribution is -2.61. The van der Waals surface area contributed by atoms with Gasteiger partial charge in [-0.25, -0.2) is 4.99 Å². The zero-order valence-corrected chi connectivity index (χ0v) is 15.8. The summed E-state index contributed by atoms with van der Waals surface area (Å²) in [5, 5.41) is 3.07. The number of fused-ring (bicyclic) bond motifs is 2. The highest BCUT2D eigenvalue weighted by Crippen LogP contribution is 2.55. The lowest BCUT2D eigenvalue weighted by atomic mass is 9.63. The van der Waals surface area contributed by atoms with E-state index >= 15 is 0 Å². The lowest BCUT2D eigenvalue weighted by Gasteiger charge is -2.49. The fourth-order valence-corrected chi connectivity index (χ4v) is 4.06. The van der Waals surface area contributed by atoms with Crippen molar-refractivity contribution < 1.29 is 30.5 Å². The Morgan fingerprint density at radius 3 is 2.67 bits per heavy atom. The first-order valence-corrected chi connectivity index (χ1v) is 9.95. The molecule has 0 amide bonds. The van der Waals surface area contributed by atoms with Gasteiger partial charge < -0.3 is 10.1 Å². The number of methoxy groups -OCH3 is 1. The van der Waals surface area contributed by atoms with E-state index in [-0.39, 0.29) is 22.2 Å². The maximum absolute atomic E-state index is 14.5. The number of nitrogens with one attached hydrogen (secondary N) is 1. The molecule has 2 aliphatic heterocycles. The Kier molecular flexibility index (Phi) is 4.94. The molecule has 0 saturated carbocycles. The molecule has 0 spiro atoms. The van der Waals surface area contributed by atoms with Gasteiger partial charge in [0.15, 0.2) is 0 Å². The number of hydrogen-bond acceptors (Lipinski definition) is 6. The molecule has 0 bridgehead atoms. The van der Waals surface area contributed by atoms with Crippen LogP contribution in [0.15, 0.2) is 35.5 Å². The monoisotopic (exact) mass is 424 g/mol. The van der Waals surface area contributed by atoms with Gasteiger partial charge in [-0.15, -0.1) is 0 Å². The number of halogens is 4. The Morgan fingerprint density at radius 2 is 2.07 bits per heavy atom. The summed E-state index contributed by atoms with van der Waals surface area (Å²) in [6.45, 7) is -1.13. The number of rotatable bonds is 3.